The van der Waals surface area contributed by atoms with E-state index >= 15 is 0 Å². The third-order valence-electron chi connectivity index (χ3n) is 3.40. The SMILES string of the molecule is NS(=O)(=O)c1ccccc1NC(=O)CC1CCNCC1. The molecule has 1 saturated heterocycles. The molecule has 2 rings (SSSR count). The lowest BCUT2D eigenvalue weighted by molar-refractivity contribution is -0.117. The number of anilines is 1. The first-order chi connectivity index (χ1) is 9.47. The summed E-state index contributed by atoms with van der Waals surface area (Å²) >= 11 is 0. The molecule has 1 aliphatic rings. The van der Waals surface area contributed by atoms with Crippen LogP contribution in [0.2, 0.25) is 0 Å². The van der Waals surface area contributed by atoms with E-state index in [2.05, 4.69) is 10.6 Å². The van der Waals surface area contributed by atoms with E-state index in [1.54, 1.807) is 18.2 Å². The molecule has 20 heavy (non-hydrogen) atoms. The van der Waals surface area contributed by atoms with Gasteiger partial charge in [-0.2, -0.15) is 0 Å². The van der Waals surface area contributed by atoms with Gasteiger partial charge in [0, 0.05) is 6.42 Å². The van der Waals surface area contributed by atoms with Gasteiger partial charge in [-0.25, -0.2) is 13.6 Å². The molecule has 6 nitrogen and oxygen atoms in total. The average Bonchev–Trinajstić information content (AvgIpc) is 2.39. The summed E-state index contributed by atoms with van der Waals surface area (Å²) in [5, 5.41) is 11.0. The number of benzene rings is 1. The molecule has 1 amide bonds. The molecule has 4 N–H and O–H groups in total. The Hall–Kier alpha value is -1.44. The Labute approximate surface area is 118 Å². The molecule has 1 aromatic rings. The maximum Gasteiger partial charge on any atom is 0.240 e. The van der Waals surface area contributed by atoms with Crippen LogP contribution in [-0.2, 0) is 14.8 Å². The van der Waals surface area contributed by atoms with Crippen molar-refractivity contribution in [3.63, 3.8) is 0 Å². The number of para-hydroxylation sites is 1. The summed E-state index contributed by atoms with van der Waals surface area (Å²) in [5.41, 5.74) is 0.244. The quantitative estimate of drug-likeness (QED) is 0.760. The molecule has 110 valence electrons. The minimum atomic E-state index is -3.84. The van der Waals surface area contributed by atoms with Crippen LogP contribution in [0.4, 0.5) is 5.69 Å². The van der Waals surface area contributed by atoms with Gasteiger partial charge in [0.05, 0.1) is 5.69 Å². The molecule has 0 unspecified atom stereocenters. The summed E-state index contributed by atoms with van der Waals surface area (Å²) in [6.07, 6.45) is 2.33. The number of amides is 1. The summed E-state index contributed by atoms with van der Waals surface area (Å²) in [6, 6.07) is 6.16. The molecule has 7 heteroatoms. The number of hydrogen-bond acceptors (Lipinski definition) is 4. The van der Waals surface area contributed by atoms with E-state index in [-0.39, 0.29) is 16.5 Å². The van der Waals surface area contributed by atoms with Gasteiger partial charge in [-0.1, -0.05) is 12.1 Å². The van der Waals surface area contributed by atoms with Gasteiger partial charge < -0.3 is 10.6 Å². The molecule has 1 heterocycles. The highest BCUT2D eigenvalue weighted by atomic mass is 32.2. The van der Waals surface area contributed by atoms with Crippen molar-refractivity contribution in [1.29, 1.82) is 0 Å². The first-order valence-corrected chi connectivity index (χ1v) is 8.14. The minimum Gasteiger partial charge on any atom is -0.325 e. The number of sulfonamides is 1. The lowest BCUT2D eigenvalue weighted by atomic mass is 9.94. The first-order valence-electron chi connectivity index (χ1n) is 6.59. The van der Waals surface area contributed by atoms with E-state index in [1.165, 1.54) is 6.07 Å². The zero-order valence-corrected chi connectivity index (χ0v) is 11.9. The molecule has 0 saturated carbocycles. The number of piperidine rings is 1. The van der Waals surface area contributed by atoms with Crippen LogP contribution in [0.5, 0.6) is 0 Å². The maximum atomic E-state index is 12.0. The first kappa shape index (κ1) is 15.0. The van der Waals surface area contributed by atoms with Crippen LogP contribution in [-0.4, -0.2) is 27.4 Å². The van der Waals surface area contributed by atoms with Crippen LogP contribution in [0.15, 0.2) is 29.2 Å². The Bertz CT molecular complexity index is 580. The van der Waals surface area contributed by atoms with Crippen molar-refractivity contribution in [2.24, 2.45) is 11.1 Å². The number of nitrogens with one attached hydrogen (secondary N) is 2. The Balaban J connectivity index is 2.04. The Morgan fingerprint density at radius 1 is 1.30 bits per heavy atom. The van der Waals surface area contributed by atoms with Gasteiger partial charge in [0.15, 0.2) is 0 Å². The van der Waals surface area contributed by atoms with Crippen LogP contribution in [0, 0.1) is 5.92 Å². The summed E-state index contributed by atoms with van der Waals surface area (Å²) < 4.78 is 22.9. The van der Waals surface area contributed by atoms with E-state index in [0.717, 1.165) is 25.9 Å². The molecule has 1 aromatic carbocycles. The molecule has 0 spiro atoms. The van der Waals surface area contributed by atoms with E-state index in [0.29, 0.717) is 12.3 Å². The summed E-state index contributed by atoms with van der Waals surface area (Å²) in [4.78, 5) is 11.9. The normalized spacial score (nSPS) is 16.9. The summed E-state index contributed by atoms with van der Waals surface area (Å²) in [7, 11) is -3.84. The lowest BCUT2D eigenvalue weighted by Gasteiger charge is -2.22. The van der Waals surface area contributed by atoms with E-state index in [1.807, 2.05) is 0 Å². The van der Waals surface area contributed by atoms with Crippen molar-refractivity contribution in [2.45, 2.75) is 24.2 Å². The largest absolute Gasteiger partial charge is 0.325 e. The molecule has 1 aliphatic heterocycles. The predicted molar refractivity (Wildman–Crippen MR) is 76.7 cm³/mol. The maximum absolute atomic E-state index is 12.0. The average molecular weight is 297 g/mol. The van der Waals surface area contributed by atoms with E-state index in [9.17, 15) is 13.2 Å². The van der Waals surface area contributed by atoms with Crippen molar-refractivity contribution in [3.05, 3.63) is 24.3 Å². The molecule has 0 atom stereocenters. The van der Waals surface area contributed by atoms with Crippen molar-refractivity contribution in [1.82, 2.24) is 5.32 Å². The Morgan fingerprint density at radius 2 is 1.95 bits per heavy atom. The van der Waals surface area contributed by atoms with Gasteiger partial charge in [-0.05, 0) is 44.0 Å². The molecular formula is C13H19N3O3S. The third-order valence-corrected chi connectivity index (χ3v) is 4.37. The van der Waals surface area contributed by atoms with Crippen LogP contribution in [0.25, 0.3) is 0 Å². The van der Waals surface area contributed by atoms with Gasteiger partial charge >= 0.3 is 0 Å². The molecular weight excluding hydrogens is 278 g/mol. The monoisotopic (exact) mass is 297 g/mol. The fourth-order valence-corrected chi connectivity index (χ4v) is 3.06. The summed E-state index contributed by atoms with van der Waals surface area (Å²) in [5.74, 6) is 0.172. The van der Waals surface area contributed by atoms with Gasteiger partial charge in [-0.3, -0.25) is 4.79 Å². The lowest BCUT2D eigenvalue weighted by Crippen LogP contribution is -2.30. The van der Waals surface area contributed by atoms with Gasteiger partial charge in [0.25, 0.3) is 0 Å². The fraction of sp³-hybridized carbons (Fsp3) is 0.462. The van der Waals surface area contributed by atoms with Crippen LogP contribution < -0.4 is 15.8 Å². The fourth-order valence-electron chi connectivity index (χ4n) is 2.37. The molecule has 0 radical (unpaired) electrons. The third kappa shape index (κ3) is 4.03. The van der Waals surface area contributed by atoms with Gasteiger partial charge in [-0.15, -0.1) is 0 Å². The zero-order valence-electron chi connectivity index (χ0n) is 11.1. The number of nitrogens with two attached hydrogens (primary N) is 1. The van der Waals surface area contributed by atoms with Gasteiger partial charge in [0.1, 0.15) is 4.90 Å². The zero-order chi connectivity index (χ0) is 14.6. The standard InChI is InChI=1S/C13H19N3O3S/c14-20(18,19)12-4-2-1-3-11(12)16-13(17)9-10-5-7-15-8-6-10/h1-4,10,15H,5-9H2,(H,16,17)(H2,14,18,19). The highest BCUT2D eigenvalue weighted by molar-refractivity contribution is 7.89. The predicted octanol–water partition coefficient (Wildman–Crippen LogP) is 0.662. The molecule has 0 aromatic heterocycles. The van der Waals surface area contributed by atoms with Gasteiger partial charge in [0.2, 0.25) is 15.9 Å². The highest BCUT2D eigenvalue weighted by Crippen LogP contribution is 2.21. The molecule has 0 aliphatic carbocycles. The topological polar surface area (TPSA) is 101 Å². The van der Waals surface area contributed by atoms with Crippen molar-refractivity contribution < 1.29 is 13.2 Å². The van der Waals surface area contributed by atoms with Crippen LogP contribution in [0.3, 0.4) is 0 Å². The Kier molecular flexibility index (Phi) is 4.74. The minimum absolute atomic E-state index is 0.0568. The number of primary sulfonamides is 1. The molecule has 0 bridgehead atoms. The van der Waals surface area contributed by atoms with Crippen molar-refractivity contribution in [3.8, 4) is 0 Å². The second kappa shape index (κ2) is 6.34. The number of rotatable bonds is 4. The Morgan fingerprint density at radius 3 is 2.60 bits per heavy atom. The van der Waals surface area contributed by atoms with Crippen LogP contribution >= 0.6 is 0 Å². The van der Waals surface area contributed by atoms with Crippen molar-refractivity contribution >= 4 is 21.6 Å². The second-order valence-electron chi connectivity index (χ2n) is 4.99. The van der Waals surface area contributed by atoms with Crippen LogP contribution in [0.1, 0.15) is 19.3 Å². The number of hydrogen-bond donors (Lipinski definition) is 3. The van der Waals surface area contributed by atoms with Crippen molar-refractivity contribution in [2.75, 3.05) is 18.4 Å². The number of carbonyl (C=O) groups excluding carboxylic acids is 1. The highest BCUT2D eigenvalue weighted by Gasteiger charge is 2.19. The second-order valence-corrected chi connectivity index (χ2v) is 6.52. The van der Waals surface area contributed by atoms with E-state index in [4.69, 9.17) is 5.14 Å². The smallest absolute Gasteiger partial charge is 0.240 e. The summed E-state index contributed by atoms with van der Waals surface area (Å²) in [6.45, 7) is 1.84. The molecule has 1 fully saturated rings. The number of carbonyl (C=O) groups is 1. The van der Waals surface area contributed by atoms with E-state index < -0.39 is 10.0 Å².